The van der Waals surface area contributed by atoms with Gasteiger partial charge in [-0.3, -0.25) is 9.58 Å². The lowest BCUT2D eigenvalue weighted by Gasteiger charge is -2.31. The topological polar surface area (TPSA) is 42.3 Å². The average Bonchev–Trinajstić information content (AvgIpc) is 2.98. The molecule has 0 radical (unpaired) electrons. The Hall–Kier alpha value is -1.69. The van der Waals surface area contributed by atoms with Crippen LogP contribution in [-0.2, 0) is 18.3 Å². The molecule has 1 aliphatic rings. The molecule has 1 N–H and O–H groups in total. The molecule has 1 aliphatic heterocycles. The molecular weight excluding hydrogens is 288 g/mol. The van der Waals surface area contributed by atoms with Crippen molar-refractivity contribution in [3.8, 4) is 0 Å². The summed E-state index contributed by atoms with van der Waals surface area (Å²) in [5.74, 6) is 0. The highest BCUT2D eigenvalue weighted by molar-refractivity contribution is 5.29. The molecule has 1 atom stereocenters. The molecule has 1 saturated heterocycles. The summed E-state index contributed by atoms with van der Waals surface area (Å²) < 4.78 is 7.32. The van der Waals surface area contributed by atoms with Gasteiger partial charge in [-0.1, -0.05) is 24.3 Å². The normalized spacial score (nSPS) is 17.3. The molecule has 2 heterocycles. The number of aromatic nitrogens is 2. The van der Waals surface area contributed by atoms with Crippen molar-refractivity contribution in [3.05, 3.63) is 53.3 Å². The molecule has 0 aliphatic carbocycles. The van der Waals surface area contributed by atoms with Crippen molar-refractivity contribution in [3.63, 3.8) is 0 Å². The summed E-state index contributed by atoms with van der Waals surface area (Å²) >= 11 is 0. The Labute approximate surface area is 138 Å². The van der Waals surface area contributed by atoms with Crippen LogP contribution in [0, 0.1) is 6.92 Å². The number of ether oxygens (including phenoxy) is 1. The van der Waals surface area contributed by atoms with Crippen LogP contribution in [0.4, 0.5) is 0 Å². The quantitative estimate of drug-likeness (QED) is 0.884. The third-order valence-electron chi connectivity index (χ3n) is 4.42. The Bertz CT molecular complexity index is 619. The first-order valence-corrected chi connectivity index (χ1v) is 8.29. The summed E-state index contributed by atoms with van der Waals surface area (Å²) in [6.07, 6.45) is 3.99. The maximum atomic E-state index is 5.47. The Kier molecular flexibility index (Phi) is 5.43. The number of nitrogens with zero attached hydrogens (tertiary/aromatic N) is 3. The molecule has 0 saturated carbocycles. The molecule has 1 fully saturated rings. The van der Waals surface area contributed by atoms with Crippen molar-refractivity contribution in [1.29, 1.82) is 0 Å². The standard InChI is InChI=1S/C18H26N4O/c1-15-5-3-4-6-17(15)18(14-22-7-9-23-10-8-22)19-11-16-12-20-21(2)13-16/h3-6,12-13,18-19H,7-11,14H2,1-2H3/t18-/m1/s1. The van der Waals surface area contributed by atoms with Gasteiger partial charge in [0, 0.05) is 51.0 Å². The van der Waals surface area contributed by atoms with Crippen LogP contribution < -0.4 is 5.32 Å². The van der Waals surface area contributed by atoms with Crippen LogP contribution in [0.1, 0.15) is 22.7 Å². The fourth-order valence-corrected chi connectivity index (χ4v) is 3.10. The van der Waals surface area contributed by atoms with Crippen LogP contribution in [0.2, 0.25) is 0 Å². The van der Waals surface area contributed by atoms with E-state index in [9.17, 15) is 0 Å². The second-order valence-electron chi connectivity index (χ2n) is 6.23. The van der Waals surface area contributed by atoms with Gasteiger partial charge in [-0.25, -0.2) is 0 Å². The molecule has 0 amide bonds. The van der Waals surface area contributed by atoms with E-state index in [0.717, 1.165) is 39.4 Å². The summed E-state index contributed by atoms with van der Waals surface area (Å²) in [7, 11) is 1.95. The smallest absolute Gasteiger partial charge is 0.0594 e. The van der Waals surface area contributed by atoms with E-state index in [1.807, 2.05) is 17.9 Å². The maximum absolute atomic E-state index is 5.47. The van der Waals surface area contributed by atoms with E-state index in [0.29, 0.717) is 6.04 Å². The van der Waals surface area contributed by atoms with Crippen LogP contribution in [0.3, 0.4) is 0 Å². The van der Waals surface area contributed by atoms with Crippen LogP contribution in [-0.4, -0.2) is 47.5 Å². The van der Waals surface area contributed by atoms with Gasteiger partial charge < -0.3 is 10.1 Å². The van der Waals surface area contributed by atoms with Gasteiger partial charge in [0.05, 0.1) is 19.4 Å². The number of hydrogen-bond donors (Lipinski definition) is 1. The predicted octanol–water partition coefficient (Wildman–Crippen LogP) is 1.89. The first-order valence-electron chi connectivity index (χ1n) is 8.29. The monoisotopic (exact) mass is 314 g/mol. The van der Waals surface area contributed by atoms with Crippen molar-refractivity contribution in [2.75, 3.05) is 32.8 Å². The van der Waals surface area contributed by atoms with Gasteiger partial charge >= 0.3 is 0 Å². The van der Waals surface area contributed by atoms with E-state index in [-0.39, 0.29) is 0 Å². The fraction of sp³-hybridized carbons (Fsp3) is 0.500. The average molecular weight is 314 g/mol. The van der Waals surface area contributed by atoms with Crippen molar-refractivity contribution in [1.82, 2.24) is 20.0 Å². The minimum atomic E-state index is 0.314. The van der Waals surface area contributed by atoms with E-state index in [4.69, 9.17) is 4.74 Å². The molecule has 5 nitrogen and oxygen atoms in total. The molecule has 1 aromatic carbocycles. The van der Waals surface area contributed by atoms with Crippen molar-refractivity contribution in [2.24, 2.45) is 7.05 Å². The van der Waals surface area contributed by atoms with Crippen molar-refractivity contribution >= 4 is 0 Å². The summed E-state index contributed by atoms with van der Waals surface area (Å²) in [5, 5.41) is 7.97. The molecule has 0 spiro atoms. The number of aryl methyl sites for hydroxylation is 2. The molecular formula is C18H26N4O. The third kappa shape index (κ3) is 4.41. The highest BCUT2D eigenvalue weighted by Crippen LogP contribution is 2.20. The van der Waals surface area contributed by atoms with Crippen LogP contribution in [0.15, 0.2) is 36.7 Å². The largest absolute Gasteiger partial charge is 0.379 e. The van der Waals surface area contributed by atoms with Gasteiger partial charge in [0.2, 0.25) is 0 Å². The predicted molar refractivity (Wildman–Crippen MR) is 91.2 cm³/mol. The van der Waals surface area contributed by atoms with E-state index >= 15 is 0 Å². The maximum Gasteiger partial charge on any atom is 0.0594 e. The zero-order chi connectivity index (χ0) is 16.1. The highest BCUT2D eigenvalue weighted by Gasteiger charge is 2.19. The molecule has 0 bridgehead atoms. The zero-order valence-electron chi connectivity index (χ0n) is 14.0. The molecule has 23 heavy (non-hydrogen) atoms. The van der Waals surface area contributed by atoms with Gasteiger partial charge in [-0.2, -0.15) is 5.10 Å². The zero-order valence-corrected chi connectivity index (χ0v) is 14.0. The lowest BCUT2D eigenvalue weighted by Crippen LogP contribution is -2.41. The SMILES string of the molecule is Cc1ccccc1[C@@H](CN1CCOCC1)NCc1cnn(C)c1. The number of hydrogen-bond acceptors (Lipinski definition) is 4. The molecule has 3 rings (SSSR count). The number of morpholine rings is 1. The van der Waals surface area contributed by atoms with E-state index in [2.05, 4.69) is 52.7 Å². The second-order valence-corrected chi connectivity index (χ2v) is 6.23. The first kappa shape index (κ1) is 16.2. The summed E-state index contributed by atoms with van der Waals surface area (Å²) in [5.41, 5.74) is 3.93. The summed E-state index contributed by atoms with van der Waals surface area (Å²) in [6, 6.07) is 8.96. The van der Waals surface area contributed by atoms with Crippen LogP contribution in [0.5, 0.6) is 0 Å². The van der Waals surface area contributed by atoms with E-state index < -0.39 is 0 Å². The molecule has 2 aromatic rings. The Morgan fingerprint density at radius 1 is 1.26 bits per heavy atom. The molecule has 5 heteroatoms. The van der Waals surface area contributed by atoms with Gasteiger partial charge in [-0.15, -0.1) is 0 Å². The highest BCUT2D eigenvalue weighted by atomic mass is 16.5. The fourth-order valence-electron chi connectivity index (χ4n) is 3.10. The van der Waals surface area contributed by atoms with Gasteiger partial charge in [0.15, 0.2) is 0 Å². The number of rotatable bonds is 6. The third-order valence-corrected chi connectivity index (χ3v) is 4.42. The van der Waals surface area contributed by atoms with Gasteiger partial charge in [-0.05, 0) is 18.1 Å². The summed E-state index contributed by atoms with van der Waals surface area (Å²) in [6.45, 7) is 7.72. The molecule has 1 aromatic heterocycles. The first-order chi connectivity index (χ1) is 11.2. The van der Waals surface area contributed by atoms with Crippen molar-refractivity contribution in [2.45, 2.75) is 19.5 Å². The van der Waals surface area contributed by atoms with Crippen LogP contribution >= 0.6 is 0 Å². The van der Waals surface area contributed by atoms with Crippen molar-refractivity contribution < 1.29 is 4.74 Å². The Morgan fingerprint density at radius 3 is 2.74 bits per heavy atom. The van der Waals surface area contributed by atoms with Crippen LogP contribution in [0.25, 0.3) is 0 Å². The minimum Gasteiger partial charge on any atom is -0.379 e. The van der Waals surface area contributed by atoms with Gasteiger partial charge in [0.25, 0.3) is 0 Å². The lowest BCUT2D eigenvalue weighted by molar-refractivity contribution is 0.0333. The Balaban J connectivity index is 1.71. The Morgan fingerprint density at radius 2 is 2.04 bits per heavy atom. The van der Waals surface area contributed by atoms with Gasteiger partial charge in [0.1, 0.15) is 0 Å². The number of benzene rings is 1. The second kappa shape index (κ2) is 7.73. The molecule has 0 unspecified atom stereocenters. The van der Waals surface area contributed by atoms with E-state index in [1.54, 1.807) is 0 Å². The van der Waals surface area contributed by atoms with E-state index in [1.165, 1.54) is 16.7 Å². The lowest BCUT2D eigenvalue weighted by atomic mass is 10.0. The number of nitrogens with one attached hydrogen (secondary N) is 1. The summed E-state index contributed by atoms with van der Waals surface area (Å²) in [4.78, 5) is 2.48. The minimum absolute atomic E-state index is 0.314. The molecule has 124 valence electrons.